The van der Waals surface area contributed by atoms with Crippen molar-refractivity contribution in [3.05, 3.63) is 64.5 Å². The van der Waals surface area contributed by atoms with Crippen LogP contribution in [0.25, 0.3) is 0 Å². The fourth-order valence-electron chi connectivity index (χ4n) is 3.38. The van der Waals surface area contributed by atoms with Crippen LogP contribution >= 0.6 is 0 Å². The van der Waals surface area contributed by atoms with Crippen LogP contribution in [0.2, 0.25) is 0 Å². The van der Waals surface area contributed by atoms with Crippen molar-refractivity contribution in [3.8, 4) is 0 Å². The highest BCUT2D eigenvalue weighted by atomic mass is 19.1. The summed E-state index contributed by atoms with van der Waals surface area (Å²) in [6, 6.07) is 9.15. The first kappa shape index (κ1) is 27.6. The molecule has 33 heavy (non-hydrogen) atoms. The molecule has 9 heteroatoms. The maximum absolute atomic E-state index is 14.4. The predicted molar refractivity (Wildman–Crippen MR) is 126 cm³/mol. The van der Waals surface area contributed by atoms with E-state index in [9.17, 15) is 23.6 Å². The highest BCUT2D eigenvalue weighted by Gasteiger charge is 2.23. The van der Waals surface area contributed by atoms with E-state index in [2.05, 4.69) is 16.4 Å². The molecule has 2 rings (SSSR count). The number of halogens is 1. The van der Waals surface area contributed by atoms with Crippen LogP contribution in [0.5, 0.6) is 0 Å². The van der Waals surface area contributed by atoms with Gasteiger partial charge < -0.3 is 21.2 Å². The molecule has 0 aromatic heterocycles. The first-order valence-corrected chi connectivity index (χ1v) is 10.4. The van der Waals surface area contributed by atoms with Crippen LogP contribution in [0, 0.1) is 5.82 Å². The van der Waals surface area contributed by atoms with Gasteiger partial charge in [0.25, 0.3) is 0 Å². The lowest BCUT2D eigenvalue weighted by Gasteiger charge is -2.28. The van der Waals surface area contributed by atoms with Gasteiger partial charge >= 0.3 is 0 Å². The van der Waals surface area contributed by atoms with Crippen LogP contribution in [0.1, 0.15) is 44.7 Å². The van der Waals surface area contributed by atoms with Crippen molar-refractivity contribution < 1.29 is 23.6 Å². The molecule has 0 radical (unpaired) electrons. The normalized spacial score (nSPS) is 11.1. The molecule has 0 bridgehead atoms. The molecule has 0 heterocycles. The highest BCUT2D eigenvalue weighted by Crippen LogP contribution is 2.24. The van der Waals surface area contributed by atoms with Gasteiger partial charge in [0, 0.05) is 43.4 Å². The van der Waals surface area contributed by atoms with Crippen LogP contribution < -0.4 is 16.4 Å². The molecule has 0 aliphatic carbocycles. The number of amides is 1. The molecule has 0 aliphatic heterocycles. The number of benzene rings is 2. The first-order chi connectivity index (χ1) is 16.0. The summed E-state index contributed by atoms with van der Waals surface area (Å²) < 4.78 is 14.4. The van der Waals surface area contributed by atoms with Crippen LogP contribution in [-0.2, 0) is 22.7 Å². The van der Waals surface area contributed by atoms with E-state index in [0.717, 1.165) is 12.6 Å². The Morgan fingerprint density at radius 3 is 2.33 bits per heavy atom. The molecule has 1 atom stereocenters. The molecule has 4 N–H and O–H groups in total. The SMILES string of the molecule is CN.CNC(=O)C(CCC=O)N(C)Cc1c(C=O)cccc1NCc1cccc(C=O)c1F. The first-order valence-electron chi connectivity index (χ1n) is 10.4. The van der Waals surface area contributed by atoms with Gasteiger partial charge in [0.1, 0.15) is 18.4 Å². The fourth-order valence-corrected chi connectivity index (χ4v) is 3.38. The fraction of sp³-hybridized carbons (Fsp3) is 0.333. The van der Waals surface area contributed by atoms with Gasteiger partial charge in [-0.1, -0.05) is 24.3 Å². The Labute approximate surface area is 193 Å². The molecule has 178 valence electrons. The molecule has 8 nitrogen and oxygen atoms in total. The van der Waals surface area contributed by atoms with Crippen LogP contribution in [-0.4, -0.2) is 56.9 Å². The predicted octanol–water partition coefficient (Wildman–Crippen LogP) is 2.16. The van der Waals surface area contributed by atoms with E-state index in [4.69, 9.17) is 0 Å². The summed E-state index contributed by atoms with van der Waals surface area (Å²) in [6.07, 6.45) is 2.52. The van der Waals surface area contributed by atoms with Crippen LogP contribution in [0.4, 0.5) is 10.1 Å². The third-order valence-electron chi connectivity index (χ3n) is 5.09. The van der Waals surface area contributed by atoms with Crippen molar-refractivity contribution in [1.82, 2.24) is 10.2 Å². The van der Waals surface area contributed by atoms with E-state index in [-0.39, 0.29) is 31.0 Å². The van der Waals surface area contributed by atoms with Crippen molar-refractivity contribution >= 4 is 30.5 Å². The lowest BCUT2D eigenvalue weighted by molar-refractivity contribution is -0.126. The quantitative estimate of drug-likeness (QED) is 0.417. The molecule has 1 unspecified atom stereocenters. The van der Waals surface area contributed by atoms with Crippen molar-refractivity contribution in [1.29, 1.82) is 0 Å². The number of nitrogens with zero attached hydrogens (tertiary/aromatic N) is 1. The smallest absolute Gasteiger partial charge is 0.237 e. The van der Waals surface area contributed by atoms with Gasteiger partial charge in [-0.25, -0.2) is 4.39 Å². The zero-order valence-electron chi connectivity index (χ0n) is 19.1. The zero-order valence-corrected chi connectivity index (χ0v) is 19.1. The molecule has 1 amide bonds. The van der Waals surface area contributed by atoms with Crippen LogP contribution in [0.3, 0.4) is 0 Å². The van der Waals surface area contributed by atoms with E-state index in [1.165, 1.54) is 20.2 Å². The Morgan fingerprint density at radius 2 is 1.73 bits per heavy atom. The molecule has 2 aromatic rings. The average molecular weight is 459 g/mol. The molecule has 0 saturated carbocycles. The molecule has 0 saturated heterocycles. The Hall–Kier alpha value is -3.43. The van der Waals surface area contributed by atoms with Gasteiger partial charge in [0.15, 0.2) is 6.29 Å². The summed E-state index contributed by atoms with van der Waals surface area (Å²) in [4.78, 5) is 47.4. The number of hydrogen-bond acceptors (Lipinski definition) is 7. The number of nitrogens with one attached hydrogen (secondary N) is 2. The number of nitrogens with two attached hydrogens (primary N) is 1. The minimum Gasteiger partial charge on any atom is -0.381 e. The van der Waals surface area contributed by atoms with Crippen molar-refractivity contribution in [2.45, 2.75) is 32.0 Å². The molecular weight excluding hydrogens is 427 g/mol. The van der Waals surface area contributed by atoms with E-state index in [1.807, 2.05) is 0 Å². The Morgan fingerprint density at radius 1 is 1.09 bits per heavy atom. The summed E-state index contributed by atoms with van der Waals surface area (Å²) in [7, 11) is 4.77. The minimum atomic E-state index is -0.594. The number of aldehydes is 3. The summed E-state index contributed by atoms with van der Waals surface area (Å²) in [6.45, 7) is 0.363. The number of carbonyl (C=O) groups excluding carboxylic acids is 4. The number of hydrogen-bond donors (Lipinski definition) is 3. The van der Waals surface area contributed by atoms with E-state index >= 15 is 0 Å². The summed E-state index contributed by atoms with van der Waals surface area (Å²) in [5, 5.41) is 5.72. The molecule has 0 spiro atoms. The van der Waals surface area contributed by atoms with Gasteiger partial charge in [-0.3, -0.25) is 19.3 Å². The third kappa shape index (κ3) is 7.58. The average Bonchev–Trinajstić information content (AvgIpc) is 2.85. The number of rotatable bonds is 12. The van der Waals surface area contributed by atoms with Gasteiger partial charge in [0.05, 0.1) is 11.6 Å². The number of carbonyl (C=O) groups is 4. The van der Waals surface area contributed by atoms with Crippen molar-refractivity contribution in [3.63, 3.8) is 0 Å². The summed E-state index contributed by atoms with van der Waals surface area (Å²) in [5.74, 6) is -0.820. The van der Waals surface area contributed by atoms with Crippen molar-refractivity contribution in [2.24, 2.45) is 5.73 Å². The lowest BCUT2D eigenvalue weighted by Crippen LogP contribution is -2.43. The lowest BCUT2D eigenvalue weighted by atomic mass is 10.0. The summed E-state index contributed by atoms with van der Waals surface area (Å²) >= 11 is 0. The largest absolute Gasteiger partial charge is 0.381 e. The van der Waals surface area contributed by atoms with E-state index < -0.39 is 11.9 Å². The van der Waals surface area contributed by atoms with Crippen LogP contribution in [0.15, 0.2) is 36.4 Å². The zero-order chi connectivity index (χ0) is 24.8. The Bertz CT molecular complexity index is 952. The van der Waals surface area contributed by atoms with Gasteiger partial charge in [0.2, 0.25) is 5.91 Å². The standard InChI is InChI=1S/C23H26FN3O4.CH5N/c1-25-23(31)21(10-5-11-28)27(2)13-19-17(14-29)7-4-9-20(19)26-12-16-6-3-8-18(15-30)22(16)24;1-2/h3-4,6-9,11,14-15,21,26H,5,10,12-13H2,1-2H3,(H,25,31);2H2,1H3. The van der Waals surface area contributed by atoms with E-state index in [0.29, 0.717) is 35.1 Å². The Balaban J connectivity index is 0.00000265. The minimum absolute atomic E-state index is 0.0236. The van der Waals surface area contributed by atoms with Gasteiger partial charge in [-0.2, -0.15) is 0 Å². The van der Waals surface area contributed by atoms with Gasteiger partial charge in [-0.05, 0) is 38.2 Å². The summed E-state index contributed by atoms with van der Waals surface area (Å²) in [5.41, 5.74) is 6.48. The third-order valence-corrected chi connectivity index (χ3v) is 5.09. The molecular formula is C24H31FN4O4. The highest BCUT2D eigenvalue weighted by molar-refractivity contribution is 5.83. The molecule has 0 aliphatic rings. The monoisotopic (exact) mass is 458 g/mol. The van der Waals surface area contributed by atoms with E-state index in [1.54, 1.807) is 42.3 Å². The topological polar surface area (TPSA) is 122 Å². The second-order valence-corrected chi connectivity index (χ2v) is 7.07. The van der Waals surface area contributed by atoms with Crippen molar-refractivity contribution in [2.75, 3.05) is 26.5 Å². The number of likely N-dealkylation sites (N-methyl/N-ethyl adjacent to an activating group) is 2. The second kappa shape index (κ2) is 14.6. The second-order valence-electron chi connectivity index (χ2n) is 7.07. The maximum atomic E-state index is 14.4. The maximum Gasteiger partial charge on any atom is 0.237 e. The Kier molecular flexibility index (Phi) is 12.2. The number of anilines is 1. The molecule has 0 fully saturated rings. The van der Waals surface area contributed by atoms with Gasteiger partial charge in [-0.15, -0.1) is 0 Å². The molecule has 2 aromatic carbocycles.